The summed E-state index contributed by atoms with van der Waals surface area (Å²) in [6, 6.07) is 21.3. The predicted octanol–water partition coefficient (Wildman–Crippen LogP) is 4.42. The molecule has 1 aromatic heterocycles. The minimum absolute atomic E-state index is 0.0325. The van der Waals surface area contributed by atoms with E-state index in [0.717, 1.165) is 34.0 Å². The monoisotopic (exact) mass is 485 g/mol. The summed E-state index contributed by atoms with van der Waals surface area (Å²) in [6.07, 6.45) is 0.397. The van der Waals surface area contributed by atoms with Gasteiger partial charge in [0.25, 0.3) is 0 Å². The van der Waals surface area contributed by atoms with Gasteiger partial charge in [0.2, 0.25) is 5.91 Å². The second-order valence-electron chi connectivity index (χ2n) is 8.87. The number of benzene rings is 3. The first-order valence-corrected chi connectivity index (χ1v) is 12.1. The van der Waals surface area contributed by atoms with Crippen molar-refractivity contribution in [3.63, 3.8) is 0 Å². The number of methoxy groups -OCH3 is 1. The molecule has 1 amide bonds. The van der Waals surface area contributed by atoms with Crippen LogP contribution in [0, 0.1) is 0 Å². The fourth-order valence-electron chi connectivity index (χ4n) is 4.92. The van der Waals surface area contributed by atoms with Crippen LogP contribution in [0.15, 0.2) is 66.7 Å². The summed E-state index contributed by atoms with van der Waals surface area (Å²) in [6.45, 7) is 2.68. The molecule has 0 radical (unpaired) electrons. The van der Waals surface area contributed by atoms with Crippen molar-refractivity contribution in [3.8, 4) is 23.0 Å². The smallest absolute Gasteiger partial charge is 0.227 e. The highest BCUT2D eigenvalue weighted by molar-refractivity contribution is 5.97. The SMILES string of the molecule is COc1cccc(OCCn2c(C3CC(=O)N(c4ccc5c(c4)OCCO5)C3)nc3ccccc32)c1. The molecule has 4 aromatic rings. The molecule has 0 saturated carbocycles. The maximum absolute atomic E-state index is 13.1. The van der Waals surface area contributed by atoms with E-state index >= 15 is 0 Å². The first kappa shape index (κ1) is 22.3. The molecule has 184 valence electrons. The zero-order valence-corrected chi connectivity index (χ0v) is 20.1. The van der Waals surface area contributed by atoms with Crippen LogP contribution in [0.25, 0.3) is 11.0 Å². The van der Waals surface area contributed by atoms with Crippen LogP contribution in [0.2, 0.25) is 0 Å². The Morgan fingerprint density at radius 3 is 2.69 bits per heavy atom. The normalized spacial score (nSPS) is 17.0. The number of amides is 1. The first-order chi connectivity index (χ1) is 17.7. The van der Waals surface area contributed by atoms with Crippen LogP contribution in [-0.4, -0.2) is 48.9 Å². The maximum Gasteiger partial charge on any atom is 0.227 e. The number of fused-ring (bicyclic) bond motifs is 2. The molecule has 1 fully saturated rings. The third-order valence-electron chi connectivity index (χ3n) is 6.64. The summed E-state index contributed by atoms with van der Waals surface area (Å²) in [4.78, 5) is 19.9. The molecule has 0 N–H and O–H groups in total. The van der Waals surface area contributed by atoms with E-state index in [-0.39, 0.29) is 11.8 Å². The quantitative estimate of drug-likeness (QED) is 0.386. The van der Waals surface area contributed by atoms with Crippen molar-refractivity contribution in [2.75, 3.05) is 38.4 Å². The van der Waals surface area contributed by atoms with Gasteiger partial charge in [0.1, 0.15) is 37.1 Å². The standard InChI is InChI=1S/C28H27N3O5/c1-33-21-5-4-6-22(17-21)34-12-11-30-24-8-3-2-7-23(24)29-28(30)19-15-27(32)31(18-19)20-9-10-25-26(16-20)36-14-13-35-25/h2-10,16-17,19H,11-15,18H2,1H3. The lowest BCUT2D eigenvalue weighted by molar-refractivity contribution is -0.117. The number of carbonyl (C=O) groups excluding carboxylic acids is 1. The molecule has 8 nitrogen and oxygen atoms in total. The van der Waals surface area contributed by atoms with Crippen molar-refractivity contribution in [3.05, 3.63) is 72.6 Å². The number of carbonyl (C=O) groups is 1. The van der Waals surface area contributed by atoms with Gasteiger partial charge in [-0.2, -0.15) is 0 Å². The van der Waals surface area contributed by atoms with Crippen molar-refractivity contribution >= 4 is 22.6 Å². The number of hydrogen-bond acceptors (Lipinski definition) is 6. The van der Waals surface area contributed by atoms with Gasteiger partial charge < -0.3 is 28.4 Å². The Kier molecular flexibility index (Phi) is 5.85. The van der Waals surface area contributed by atoms with E-state index in [2.05, 4.69) is 10.6 Å². The lowest BCUT2D eigenvalue weighted by Gasteiger charge is -2.22. The Balaban J connectivity index is 1.24. The van der Waals surface area contributed by atoms with E-state index in [9.17, 15) is 4.79 Å². The molecular weight excluding hydrogens is 458 g/mol. The maximum atomic E-state index is 13.1. The van der Waals surface area contributed by atoms with Gasteiger partial charge in [-0.25, -0.2) is 4.98 Å². The number of imidazole rings is 1. The van der Waals surface area contributed by atoms with Gasteiger partial charge in [-0.15, -0.1) is 0 Å². The second-order valence-corrected chi connectivity index (χ2v) is 8.87. The highest BCUT2D eigenvalue weighted by Crippen LogP contribution is 2.38. The third kappa shape index (κ3) is 4.19. The fourth-order valence-corrected chi connectivity index (χ4v) is 4.92. The van der Waals surface area contributed by atoms with E-state index in [1.165, 1.54) is 0 Å². The molecule has 2 aliphatic rings. The summed E-state index contributed by atoms with van der Waals surface area (Å²) in [5, 5.41) is 0. The average Bonchev–Trinajstić information content (AvgIpc) is 3.49. The molecule has 3 heterocycles. The van der Waals surface area contributed by atoms with E-state index in [1.54, 1.807) is 7.11 Å². The Morgan fingerprint density at radius 1 is 0.972 bits per heavy atom. The molecule has 1 unspecified atom stereocenters. The van der Waals surface area contributed by atoms with Crippen molar-refractivity contribution < 1.29 is 23.7 Å². The molecule has 1 saturated heterocycles. The summed E-state index contributed by atoms with van der Waals surface area (Å²) >= 11 is 0. The zero-order valence-electron chi connectivity index (χ0n) is 20.1. The van der Waals surface area contributed by atoms with Gasteiger partial charge in [0.05, 0.1) is 24.7 Å². The van der Waals surface area contributed by atoms with E-state index in [0.29, 0.717) is 50.8 Å². The van der Waals surface area contributed by atoms with Crippen LogP contribution >= 0.6 is 0 Å². The first-order valence-electron chi connectivity index (χ1n) is 12.1. The van der Waals surface area contributed by atoms with Gasteiger partial charge in [-0.05, 0) is 36.4 Å². The van der Waals surface area contributed by atoms with E-state index in [1.807, 2.05) is 65.6 Å². The van der Waals surface area contributed by atoms with Gasteiger partial charge in [-0.1, -0.05) is 18.2 Å². The zero-order chi connectivity index (χ0) is 24.5. The average molecular weight is 486 g/mol. The Hall–Kier alpha value is -4.20. The van der Waals surface area contributed by atoms with Crippen LogP contribution in [0.4, 0.5) is 5.69 Å². The van der Waals surface area contributed by atoms with Gasteiger partial charge in [-0.3, -0.25) is 4.79 Å². The predicted molar refractivity (Wildman–Crippen MR) is 135 cm³/mol. The van der Waals surface area contributed by atoms with Crippen molar-refractivity contribution in [1.29, 1.82) is 0 Å². The van der Waals surface area contributed by atoms with Crippen molar-refractivity contribution in [1.82, 2.24) is 9.55 Å². The lowest BCUT2D eigenvalue weighted by Crippen LogP contribution is -2.25. The van der Waals surface area contributed by atoms with Crippen LogP contribution in [-0.2, 0) is 11.3 Å². The molecule has 8 heteroatoms. The molecule has 1 atom stereocenters. The molecule has 0 bridgehead atoms. The number of aromatic nitrogens is 2. The Labute approximate surface area is 209 Å². The van der Waals surface area contributed by atoms with Crippen molar-refractivity contribution in [2.45, 2.75) is 18.9 Å². The number of para-hydroxylation sites is 2. The Bertz CT molecular complexity index is 1420. The molecule has 2 aliphatic heterocycles. The summed E-state index contributed by atoms with van der Waals surface area (Å²) in [5.41, 5.74) is 2.77. The van der Waals surface area contributed by atoms with Crippen molar-refractivity contribution in [2.24, 2.45) is 0 Å². The Morgan fingerprint density at radius 2 is 1.81 bits per heavy atom. The van der Waals surface area contributed by atoms with Gasteiger partial charge >= 0.3 is 0 Å². The van der Waals surface area contributed by atoms with E-state index < -0.39 is 0 Å². The lowest BCUT2D eigenvalue weighted by atomic mass is 10.1. The fraction of sp³-hybridized carbons (Fsp3) is 0.286. The number of rotatable bonds is 7. The van der Waals surface area contributed by atoms with Crippen LogP contribution < -0.4 is 23.8 Å². The number of nitrogens with zero attached hydrogens (tertiary/aromatic N) is 3. The molecular formula is C28H27N3O5. The number of hydrogen-bond donors (Lipinski definition) is 0. The topological polar surface area (TPSA) is 75.1 Å². The van der Waals surface area contributed by atoms with Crippen LogP contribution in [0.5, 0.6) is 23.0 Å². The largest absolute Gasteiger partial charge is 0.497 e. The number of ether oxygens (including phenoxy) is 4. The van der Waals surface area contributed by atoms with Crippen LogP contribution in [0.3, 0.4) is 0 Å². The highest BCUT2D eigenvalue weighted by Gasteiger charge is 2.35. The minimum atomic E-state index is -0.0325. The second kappa shape index (κ2) is 9.45. The molecule has 0 spiro atoms. The molecule has 6 rings (SSSR count). The third-order valence-corrected chi connectivity index (χ3v) is 6.64. The summed E-state index contributed by atoms with van der Waals surface area (Å²) in [7, 11) is 1.64. The van der Waals surface area contributed by atoms with Gasteiger partial charge in [0, 0.05) is 36.7 Å². The molecule has 0 aliphatic carbocycles. The minimum Gasteiger partial charge on any atom is -0.497 e. The van der Waals surface area contributed by atoms with Gasteiger partial charge in [0.15, 0.2) is 11.5 Å². The summed E-state index contributed by atoms with van der Waals surface area (Å²) < 4.78 is 24.8. The summed E-state index contributed by atoms with van der Waals surface area (Å²) in [5.74, 6) is 3.84. The molecule has 3 aromatic carbocycles. The molecule has 36 heavy (non-hydrogen) atoms. The highest BCUT2D eigenvalue weighted by atomic mass is 16.6. The van der Waals surface area contributed by atoms with Crippen LogP contribution in [0.1, 0.15) is 18.2 Å². The van der Waals surface area contributed by atoms with E-state index in [4.69, 9.17) is 23.9 Å². The number of anilines is 1.